The zero-order chi connectivity index (χ0) is 24.7. The summed E-state index contributed by atoms with van der Waals surface area (Å²) in [5.41, 5.74) is 1.71. The Balaban J connectivity index is 1.63. The molecule has 4 aromatic carbocycles. The summed E-state index contributed by atoms with van der Waals surface area (Å²) in [6, 6.07) is 31.7. The average molecular weight is 490 g/mol. The second-order valence-corrected chi connectivity index (χ2v) is 9.80. The van der Waals surface area contributed by atoms with Crippen LogP contribution in [0.2, 0.25) is 0 Å². The number of sulfonamides is 1. The third-order valence-electron chi connectivity index (χ3n) is 5.57. The van der Waals surface area contributed by atoms with E-state index in [2.05, 4.69) is 4.72 Å². The van der Waals surface area contributed by atoms with E-state index in [1.165, 1.54) is 0 Å². The number of fused-ring (bicyclic) bond motifs is 1. The van der Waals surface area contributed by atoms with Gasteiger partial charge < -0.3 is 9.47 Å². The summed E-state index contributed by atoms with van der Waals surface area (Å²) in [6.07, 6.45) is -1.53. The summed E-state index contributed by atoms with van der Waals surface area (Å²) in [5.74, 6) is -1.13. The van der Waals surface area contributed by atoms with Crippen LogP contribution < -0.4 is 9.46 Å². The van der Waals surface area contributed by atoms with Gasteiger partial charge in [0.05, 0.1) is 12.4 Å². The van der Waals surface area contributed by atoms with Crippen LogP contribution >= 0.6 is 0 Å². The van der Waals surface area contributed by atoms with Gasteiger partial charge in [-0.3, -0.25) is 0 Å². The summed E-state index contributed by atoms with van der Waals surface area (Å²) in [6.45, 7) is 1.74. The molecule has 0 heterocycles. The predicted molar refractivity (Wildman–Crippen MR) is 137 cm³/mol. The van der Waals surface area contributed by atoms with E-state index >= 15 is 0 Å². The lowest BCUT2D eigenvalue weighted by molar-refractivity contribution is -0.151. The maximum Gasteiger partial charge on any atom is 0.364 e. The van der Waals surface area contributed by atoms with Crippen molar-refractivity contribution in [1.29, 1.82) is 0 Å². The molecule has 0 fully saturated rings. The average Bonchev–Trinajstić information content (AvgIpc) is 2.88. The fourth-order valence-corrected chi connectivity index (χ4v) is 5.34. The molecule has 0 spiro atoms. The highest BCUT2D eigenvalue weighted by Crippen LogP contribution is 2.28. The van der Waals surface area contributed by atoms with Crippen LogP contribution in [0, 0.1) is 0 Å². The minimum absolute atomic E-state index is 0.0899. The quantitative estimate of drug-likeness (QED) is 0.254. The molecule has 35 heavy (non-hydrogen) atoms. The van der Waals surface area contributed by atoms with Gasteiger partial charge in [-0.1, -0.05) is 97.1 Å². The molecule has 4 rings (SSSR count). The van der Waals surface area contributed by atoms with Crippen molar-refractivity contribution in [3.8, 4) is 5.75 Å². The zero-order valence-electron chi connectivity index (χ0n) is 19.3. The highest BCUT2D eigenvalue weighted by molar-refractivity contribution is 7.89. The summed E-state index contributed by atoms with van der Waals surface area (Å²) in [4.78, 5) is 12.7. The van der Waals surface area contributed by atoms with E-state index in [0.29, 0.717) is 5.75 Å². The van der Waals surface area contributed by atoms with Crippen LogP contribution in [0.1, 0.15) is 24.0 Å². The van der Waals surface area contributed by atoms with Crippen LogP contribution in [-0.2, 0) is 19.6 Å². The Labute approximate surface area is 205 Å². The van der Waals surface area contributed by atoms with Crippen LogP contribution in [0.3, 0.4) is 0 Å². The van der Waals surface area contributed by atoms with E-state index in [1.807, 2.05) is 91.0 Å². The predicted octanol–water partition coefficient (Wildman–Crippen LogP) is 4.86. The second kappa shape index (κ2) is 11.2. The van der Waals surface area contributed by atoms with Crippen LogP contribution in [0.15, 0.2) is 103 Å². The molecule has 0 bridgehead atoms. The van der Waals surface area contributed by atoms with Crippen LogP contribution in [0.25, 0.3) is 10.8 Å². The monoisotopic (exact) mass is 489 g/mol. The van der Waals surface area contributed by atoms with E-state index in [1.54, 1.807) is 19.1 Å². The fourth-order valence-electron chi connectivity index (χ4n) is 3.95. The minimum atomic E-state index is -3.99. The molecule has 0 saturated heterocycles. The highest BCUT2D eigenvalue weighted by atomic mass is 32.2. The van der Waals surface area contributed by atoms with Crippen LogP contribution in [0.5, 0.6) is 5.75 Å². The number of ether oxygens (including phenoxy) is 2. The Morgan fingerprint density at radius 1 is 0.800 bits per heavy atom. The molecule has 1 atom stereocenters. The number of rotatable bonds is 10. The van der Waals surface area contributed by atoms with Crippen molar-refractivity contribution in [2.24, 2.45) is 0 Å². The number of nitrogens with one attached hydrogen (secondary N) is 1. The number of carbonyl (C=O) groups excluding carboxylic acids is 1. The van der Waals surface area contributed by atoms with Gasteiger partial charge in [0.25, 0.3) is 6.23 Å². The number of hydrogen-bond acceptors (Lipinski definition) is 5. The van der Waals surface area contributed by atoms with Gasteiger partial charge in [-0.25, -0.2) is 13.2 Å². The van der Waals surface area contributed by atoms with Gasteiger partial charge in [-0.05, 0) is 29.5 Å². The van der Waals surface area contributed by atoms with Crippen molar-refractivity contribution >= 4 is 26.8 Å². The SMILES string of the molecule is CCOC(=O)C(NS(=O)(=O)CC(c1ccccc1)c1ccccc1)Oc1cccc2ccccc12. The summed E-state index contributed by atoms with van der Waals surface area (Å²) in [7, 11) is -3.99. The summed E-state index contributed by atoms with van der Waals surface area (Å²) in [5, 5.41) is 1.67. The van der Waals surface area contributed by atoms with Crippen molar-refractivity contribution in [2.75, 3.05) is 12.4 Å². The first-order valence-electron chi connectivity index (χ1n) is 11.4. The summed E-state index contributed by atoms with van der Waals surface area (Å²) >= 11 is 0. The highest BCUT2D eigenvalue weighted by Gasteiger charge is 2.31. The van der Waals surface area contributed by atoms with Crippen LogP contribution in [-0.4, -0.2) is 33.0 Å². The van der Waals surface area contributed by atoms with Gasteiger partial charge >= 0.3 is 5.97 Å². The Bertz CT molecular complexity index is 1330. The van der Waals surface area contributed by atoms with Gasteiger partial charge in [0.2, 0.25) is 10.0 Å². The smallest absolute Gasteiger partial charge is 0.364 e. The first kappa shape index (κ1) is 24.4. The maximum atomic E-state index is 13.4. The molecule has 0 aliphatic rings. The molecule has 4 aromatic rings. The van der Waals surface area contributed by atoms with Crippen molar-refractivity contribution < 1.29 is 22.7 Å². The molecular weight excluding hydrogens is 462 g/mol. The molecular formula is C28H27NO5S. The molecule has 0 aliphatic carbocycles. The topological polar surface area (TPSA) is 81.7 Å². The number of esters is 1. The Hall–Kier alpha value is -3.68. The van der Waals surface area contributed by atoms with Gasteiger partial charge in [0.1, 0.15) is 5.75 Å². The number of hydrogen-bond donors (Lipinski definition) is 1. The van der Waals surface area contributed by atoms with E-state index in [0.717, 1.165) is 21.9 Å². The molecule has 6 nitrogen and oxygen atoms in total. The number of carbonyl (C=O) groups is 1. The third kappa shape index (κ3) is 6.26. The van der Waals surface area contributed by atoms with Gasteiger partial charge in [0.15, 0.2) is 0 Å². The largest absolute Gasteiger partial charge is 0.462 e. The van der Waals surface area contributed by atoms with E-state index in [-0.39, 0.29) is 12.4 Å². The van der Waals surface area contributed by atoms with Crippen molar-refractivity contribution in [2.45, 2.75) is 19.1 Å². The van der Waals surface area contributed by atoms with Crippen molar-refractivity contribution in [3.63, 3.8) is 0 Å². The molecule has 180 valence electrons. The molecule has 0 radical (unpaired) electrons. The standard InChI is InChI=1S/C28H27NO5S/c1-2-33-28(30)27(34-26-19-11-17-21-16-9-10-18-24(21)26)29-35(31,32)20-25(22-12-5-3-6-13-22)23-14-7-4-8-15-23/h3-19,25,27,29H,2,20H2,1H3. The van der Waals surface area contributed by atoms with Gasteiger partial charge in [0, 0.05) is 11.3 Å². The van der Waals surface area contributed by atoms with E-state index < -0.39 is 28.1 Å². The van der Waals surface area contributed by atoms with Crippen LogP contribution in [0.4, 0.5) is 0 Å². The van der Waals surface area contributed by atoms with Crippen molar-refractivity contribution in [3.05, 3.63) is 114 Å². The van der Waals surface area contributed by atoms with Crippen molar-refractivity contribution in [1.82, 2.24) is 4.72 Å². The van der Waals surface area contributed by atoms with E-state index in [4.69, 9.17) is 9.47 Å². The zero-order valence-corrected chi connectivity index (χ0v) is 20.1. The molecule has 7 heteroatoms. The molecule has 0 aliphatic heterocycles. The van der Waals surface area contributed by atoms with Gasteiger partial charge in [-0.15, -0.1) is 0 Å². The Kier molecular flexibility index (Phi) is 7.80. The molecule has 0 aromatic heterocycles. The minimum Gasteiger partial charge on any atom is -0.462 e. The second-order valence-electron chi connectivity index (χ2n) is 8.00. The first-order valence-corrected chi connectivity index (χ1v) is 13.0. The lowest BCUT2D eigenvalue weighted by Crippen LogP contribution is -2.47. The fraction of sp³-hybridized carbons (Fsp3) is 0.179. The Morgan fingerprint density at radius 2 is 1.37 bits per heavy atom. The maximum absolute atomic E-state index is 13.4. The normalized spacial score (nSPS) is 12.4. The third-order valence-corrected chi connectivity index (χ3v) is 6.92. The first-order chi connectivity index (χ1) is 17.0. The molecule has 1 N–H and O–H groups in total. The molecule has 0 amide bonds. The molecule has 0 saturated carbocycles. The lowest BCUT2D eigenvalue weighted by Gasteiger charge is -2.22. The van der Waals surface area contributed by atoms with E-state index in [9.17, 15) is 13.2 Å². The molecule has 1 unspecified atom stereocenters. The Morgan fingerprint density at radius 3 is 2.00 bits per heavy atom. The number of benzene rings is 4. The van der Waals surface area contributed by atoms with Gasteiger partial charge in [-0.2, -0.15) is 4.72 Å². The lowest BCUT2D eigenvalue weighted by atomic mass is 9.93. The summed E-state index contributed by atoms with van der Waals surface area (Å²) < 4.78 is 40.2.